The van der Waals surface area contributed by atoms with Crippen LogP contribution in [0.15, 0.2) is 66.7 Å². The van der Waals surface area contributed by atoms with Crippen LogP contribution in [0.5, 0.6) is 11.5 Å². The molecule has 5 heteroatoms. The quantitative estimate of drug-likeness (QED) is 0.496. The summed E-state index contributed by atoms with van der Waals surface area (Å²) >= 11 is 0. The standard InChI is InChI=1S/C22H19NO4/c1-2-14-8-6-7-11-18(14)27-19-13-16(22(25)26)12-17(23)20(19)21(24)15-9-4-3-5-10-15/h3-13H,2,23H2,1H3,(H,25,26). The second kappa shape index (κ2) is 7.74. The summed E-state index contributed by atoms with van der Waals surface area (Å²) in [5.74, 6) is -0.783. The third-order valence-electron chi connectivity index (χ3n) is 4.22. The van der Waals surface area contributed by atoms with E-state index in [0.29, 0.717) is 11.3 Å². The van der Waals surface area contributed by atoms with Crippen molar-refractivity contribution in [2.45, 2.75) is 13.3 Å². The normalized spacial score (nSPS) is 10.4. The minimum Gasteiger partial charge on any atom is -0.478 e. The molecule has 0 aliphatic rings. The van der Waals surface area contributed by atoms with Crippen LogP contribution in [0.1, 0.15) is 38.8 Å². The van der Waals surface area contributed by atoms with Crippen molar-refractivity contribution in [2.24, 2.45) is 0 Å². The fraction of sp³-hybridized carbons (Fsp3) is 0.0909. The Morgan fingerprint density at radius 1 is 0.926 bits per heavy atom. The zero-order chi connectivity index (χ0) is 19.4. The number of ketones is 1. The first-order valence-electron chi connectivity index (χ1n) is 8.53. The van der Waals surface area contributed by atoms with E-state index in [1.807, 2.05) is 31.2 Å². The van der Waals surface area contributed by atoms with Crippen LogP contribution in [0.2, 0.25) is 0 Å². The zero-order valence-electron chi connectivity index (χ0n) is 14.8. The van der Waals surface area contributed by atoms with Gasteiger partial charge in [-0.1, -0.05) is 55.5 Å². The van der Waals surface area contributed by atoms with Crippen LogP contribution >= 0.6 is 0 Å². The van der Waals surface area contributed by atoms with Crippen LogP contribution in [0.4, 0.5) is 5.69 Å². The van der Waals surface area contributed by atoms with Crippen molar-refractivity contribution in [1.29, 1.82) is 0 Å². The predicted molar refractivity (Wildman–Crippen MR) is 104 cm³/mol. The fourth-order valence-electron chi connectivity index (χ4n) is 2.83. The average Bonchev–Trinajstić information content (AvgIpc) is 2.68. The summed E-state index contributed by atoms with van der Waals surface area (Å²) in [7, 11) is 0. The van der Waals surface area contributed by atoms with E-state index in [2.05, 4.69) is 0 Å². The SMILES string of the molecule is CCc1ccccc1Oc1cc(C(=O)O)cc(N)c1C(=O)c1ccccc1. The lowest BCUT2D eigenvalue weighted by Crippen LogP contribution is -2.10. The Labute approximate surface area is 157 Å². The van der Waals surface area contributed by atoms with Gasteiger partial charge in [-0.25, -0.2) is 4.79 Å². The highest BCUT2D eigenvalue weighted by molar-refractivity contribution is 6.14. The lowest BCUT2D eigenvalue weighted by atomic mass is 9.98. The summed E-state index contributed by atoms with van der Waals surface area (Å²) in [6.45, 7) is 1.99. The van der Waals surface area contributed by atoms with Crippen LogP contribution in [-0.2, 0) is 6.42 Å². The fourth-order valence-corrected chi connectivity index (χ4v) is 2.83. The molecule has 0 bridgehead atoms. The van der Waals surface area contributed by atoms with Gasteiger partial charge in [-0.3, -0.25) is 4.79 Å². The van der Waals surface area contributed by atoms with E-state index in [1.165, 1.54) is 12.1 Å². The largest absolute Gasteiger partial charge is 0.478 e. The minimum absolute atomic E-state index is 0.0407. The highest BCUT2D eigenvalue weighted by Gasteiger charge is 2.22. The maximum Gasteiger partial charge on any atom is 0.335 e. The summed E-state index contributed by atoms with van der Waals surface area (Å²) in [5, 5.41) is 9.35. The highest BCUT2D eigenvalue weighted by Crippen LogP contribution is 2.34. The van der Waals surface area contributed by atoms with Crippen LogP contribution in [0, 0.1) is 0 Å². The third-order valence-corrected chi connectivity index (χ3v) is 4.22. The maximum atomic E-state index is 13.0. The van der Waals surface area contributed by atoms with Crippen molar-refractivity contribution in [2.75, 3.05) is 5.73 Å². The number of carbonyl (C=O) groups is 2. The lowest BCUT2D eigenvalue weighted by molar-refractivity contribution is 0.0696. The lowest BCUT2D eigenvalue weighted by Gasteiger charge is -2.16. The molecule has 0 spiro atoms. The van der Waals surface area contributed by atoms with Gasteiger partial charge in [0.1, 0.15) is 11.5 Å². The summed E-state index contributed by atoms with van der Waals surface area (Å²) in [6, 6.07) is 18.7. The molecule has 0 fully saturated rings. The maximum absolute atomic E-state index is 13.0. The van der Waals surface area contributed by atoms with E-state index in [1.54, 1.807) is 30.3 Å². The molecule has 0 saturated heterocycles. The number of carboxylic acids is 1. The first-order chi connectivity index (χ1) is 13.0. The Hall–Kier alpha value is -3.60. The highest BCUT2D eigenvalue weighted by atomic mass is 16.5. The molecular weight excluding hydrogens is 342 g/mol. The molecule has 0 aromatic heterocycles. The van der Waals surface area contributed by atoms with E-state index in [0.717, 1.165) is 12.0 Å². The van der Waals surface area contributed by atoms with Crippen molar-refractivity contribution < 1.29 is 19.4 Å². The number of para-hydroxylation sites is 1. The summed E-state index contributed by atoms with van der Waals surface area (Å²) in [4.78, 5) is 24.4. The van der Waals surface area contributed by atoms with Crippen molar-refractivity contribution >= 4 is 17.4 Å². The van der Waals surface area contributed by atoms with Gasteiger partial charge in [0.15, 0.2) is 5.78 Å². The van der Waals surface area contributed by atoms with E-state index in [-0.39, 0.29) is 28.3 Å². The Balaban J connectivity index is 2.15. The van der Waals surface area contributed by atoms with E-state index < -0.39 is 5.97 Å². The topological polar surface area (TPSA) is 89.6 Å². The first-order valence-corrected chi connectivity index (χ1v) is 8.53. The van der Waals surface area contributed by atoms with Crippen LogP contribution < -0.4 is 10.5 Å². The molecule has 0 atom stereocenters. The van der Waals surface area contributed by atoms with Gasteiger partial charge >= 0.3 is 5.97 Å². The molecule has 3 aromatic rings. The first kappa shape index (κ1) is 18.2. The molecule has 136 valence electrons. The molecule has 27 heavy (non-hydrogen) atoms. The summed E-state index contributed by atoms with van der Waals surface area (Å²) < 4.78 is 5.98. The number of aryl methyl sites for hydroxylation is 1. The van der Waals surface area contributed by atoms with Gasteiger partial charge in [0, 0.05) is 11.3 Å². The van der Waals surface area contributed by atoms with Crippen LogP contribution in [0.3, 0.4) is 0 Å². The van der Waals surface area contributed by atoms with E-state index in [9.17, 15) is 14.7 Å². The predicted octanol–water partition coefficient (Wildman–Crippen LogP) is 4.55. The summed E-state index contributed by atoms with van der Waals surface area (Å²) in [6.07, 6.45) is 0.728. The third kappa shape index (κ3) is 3.82. The van der Waals surface area contributed by atoms with Crippen molar-refractivity contribution in [3.63, 3.8) is 0 Å². The molecule has 0 unspecified atom stereocenters. The van der Waals surface area contributed by atoms with Gasteiger partial charge in [0.2, 0.25) is 0 Å². The van der Waals surface area contributed by atoms with Crippen LogP contribution in [0.25, 0.3) is 0 Å². The Kier molecular flexibility index (Phi) is 5.22. The summed E-state index contributed by atoms with van der Waals surface area (Å²) in [5.41, 5.74) is 7.62. The van der Waals surface area contributed by atoms with Gasteiger partial charge in [-0.05, 0) is 30.2 Å². The monoisotopic (exact) mass is 361 g/mol. The number of hydrogen-bond donors (Lipinski definition) is 2. The molecule has 3 aromatic carbocycles. The van der Waals surface area contributed by atoms with Gasteiger partial charge in [-0.15, -0.1) is 0 Å². The number of benzene rings is 3. The molecule has 0 aliphatic heterocycles. The second-order valence-corrected chi connectivity index (χ2v) is 6.00. The molecule has 0 aliphatic carbocycles. The number of hydrogen-bond acceptors (Lipinski definition) is 4. The number of nitrogens with two attached hydrogens (primary N) is 1. The molecule has 0 saturated carbocycles. The number of carbonyl (C=O) groups excluding carboxylic acids is 1. The second-order valence-electron chi connectivity index (χ2n) is 6.00. The molecule has 3 rings (SSSR count). The Morgan fingerprint density at radius 3 is 2.26 bits per heavy atom. The molecule has 0 heterocycles. The molecule has 0 amide bonds. The molecular formula is C22H19NO4. The number of ether oxygens (including phenoxy) is 1. The van der Waals surface area contributed by atoms with Crippen molar-refractivity contribution in [3.8, 4) is 11.5 Å². The van der Waals surface area contributed by atoms with Crippen molar-refractivity contribution in [1.82, 2.24) is 0 Å². The van der Waals surface area contributed by atoms with E-state index in [4.69, 9.17) is 10.5 Å². The van der Waals surface area contributed by atoms with Gasteiger partial charge < -0.3 is 15.6 Å². The number of nitrogen functional groups attached to an aromatic ring is 1. The molecule has 5 nitrogen and oxygen atoms in total. The smallest absolute Gasteiger partial charge is 0.335 e. The van der Waals surface area contributed by atoms with Crippen LogP contribution in [-0.4, -0.2) is 16.9 Å². The average molecular weight is 361 g/mol. The van der Waals surface area contributed by atoms with Gasteiger partial charge in [0.05, 0.1) is 11.1 Å². The number of anilines is 1. The number of carboxylic acid groups (broad SMARTS) is 1. The van der Waals surface area contributed by atoms with E-state index >= 15 is 0 Å². The zero-order valence-corrected chi connectivity index (χ0v) is 14.8. The Morgan fingerprint density at radius 2 is 1.59 bits per heavy atom. The number of rotatable bonds is 6. The molecule has 3 N–H and O–H groups in total. The van der Waals surface area contributed by atoms with Gasteiger partial charge in [0.25, 0.3) is 0 Å². The minimum atomic E-state index is -1.14. The van der Waals surface area contributed by atoms with Gasteiger partial charge in [-0.2, -0.15) is 0 Å². The Bertz CT molecular complexity index is 996. The molecule has 0 radical (unpaired) electrons. The number of aromatic carboxylic acids is 1. The van der Waals surface area contributed by atoms with Crippen molar-refractivity contribution in [3.05, 3.63) is 89.0 Å².